The van der Waals surface area contributed by atoms with Gasteiger partial charge in [0.15, 0.2) is 5.69 Å². The maximum absolute atomic E-state index is 13.0. The molecule has 0 unspecified atom stereocenters. The zero-order chi connectivity index (χ0) is 28.5. The number of rotatable bonds is 9. The average molecular weight is 543 g/mol. The van der Waals surface area contributed by atoms with E-state index in [9.17, 15) is 9.59 Å². The van der Waals surface area contributed by atoms with E-state index in [1.165, 1.54) is 0 Å². The molecule has 0 radical (unpaired) electrons. The number of urea groups is 1. The minimum Gasteiger partial charge on any atom is -0.374 e. The lowest BCUT2D eigenvalue weighted by molar-refractivity contribution is -0.139. The summed E-state index contributed by atoms with van der Waals surface area (Å²) in [4.78, 5) is 26.8. The molecule has 1 aromatic heterocycles. The lowest BCUT2D eigenvalue weighted by Gasteiger charge is -2.26. The minimum absolute atomic E-state index is 0.0597. The summed E-state index contributed by atoms with van der Waals surface area (Å²) >= 11 is 0. The number of hydrogen-bond donors (Lipinski definition) is 2. The van der Waals surface area contributed by atoms with Crippen LogP contribution in [-0.2, 0) is 16.1 Å². The first-order chi connectivity index (χ1) is 19.3. The molecule has 40 heavy (non-hydrogen) atoms. The zero-order valence-corrected chi connectivity index (χ0v) is 23.6. The summed E-state index contributed by atoms with van der Waals surface area (Å²) in [6, 6.07) is 17.3. The summed E-state index contributed by atoms with van der Waals surface area (Å²) in [7, 11) is 1.85. The number of aryl methyl sites for hydroxylation is 1. The number of carbonyl (C=O) groups is 2. The minimum atomic E-state index is -0.314. The molecule has 2 N–H and O–H groups in total. The standard InChI is InChI=1S/C31H38N6O3/c1-22-10-8-13-26(18-22)33-31(39)32-17-9-14-27-21-37(35-34-27)23(2)19-28-15-16-29(40-28)24(3)30(38)36(4)20-25-11-6-5-7-12-25/h5-8,10-13,18,21,23-24,28-29H,15-17,19-20H2,1-4H3,(H2,32,33,39)/t23-,24-,28+,29-/m1/s1. The topological polar surface area (TPSA) is 101 Å². The van der Waals surface area contributed by atoms with Gasteiger partial charge in [-0.1, -0.05) is 60.5 Å². The van der Waals surface area contributed by atoms with Crippen LogP contribution in [0, 0.1) is 24.7 Å². The molecule has 9 nitrogen and oxygen atoms in total. The fraction of sp³-hybridized carbons (Fsp3) is 0.419. The van der Waals surface area contributed by atoms with Gasteiger partial charge in [0.2, 0.25) is 5.91 Å². The number of benzene rings is 2. The lowest BCUT2D eigenvalue weighted by atomic mass is 9.99. The van der Waals surface area contributed by atoms with Gasteiger partial charge >= 0.3 is 6.03 Å². The molecule has 1 fully saturated rings. The molecule has 0 bridgehead atoms. The van der Waals surface area contributed by atoms with Crippen molar-refractivity contribution in [3.63, 3.8) is 0 Å². The Morgan fingerprint density at radius 1 is 1.15 bits per heavy atom. The molecule has 3 amide bonds. The Morgan fingerprint density at radius 3 is 2.73 bits per heavy atom. The second-order valence-corrected chi connectivity index (χ2v) is 10.5. The molecule has 1 aliphatic rings. The lowest BCUT2D eigenvalue weighted by Crippen LogP contribution is -2.37. The summed E-state index contributed by atoms with van der Waals surface area (Å²) in [5.41, 5.74) is 3.46. The van der Waals surface area contributed by atoms with Gasteiger partial charge in [-0.2, -0.15) is 0 Å². The highest BCUT2D eigenvalue weighted by Gasteiger charge is 2.35. The van der Waals surface area contributed by atoms with E-state index in [4.69, 9.17) is 4.74 Å². The molecule has 4 rings (SSSR count). The predicted molar refractivity (Wildman–Crippen MR) is 154 cm³/mol. The third-order valence-electron chi connectivity index (χ3n) is 7.12. The van der Waals surface area contributed by atoms with Gasteiger partial charge in [-0.3, -0.25) is 4.79 Å². The van der Waals surface area contributed by atoms with Crippen molar-refractivity contribution in [2.24, 2.45) is 5.92 Å². The molecule has 2 aromatic carbocycles. The normalized spacial score (nSPS) is 17.8. The Morgan fingerprint density at radius 2 is 1.95 bits per heavy atom. The summed E-state index contributed by atoms with van der Waals surface area (Å²) in [6.45, 7) is 6.78. The van der Waals surface area contributed by atoms with Gasteiger partial charge in [-0.15, -0.1) is 5.10 Å². The number of aromatic nitrogens is 3. The highest BCUT2D eigenvalue weighted by molar-refractivity contribution is 5.89. The molecular formula is C31H38N6O3. The number of hydrogen-bond acceptors (Lipinski definition) is 5. The van der Waals surface area contributed by atoms with Crippen molar-refractivity contribution >= 4 is 17.6 Å². The Bertz CT molecular complexity index is 1350. The molecule has 210 valence electrons. The molecule has 1 aliphatic heterocycles. The van der Waals surface area contributed by atoms with E-state index in [1.807, 2.05) is 81.7 Å². The van der Waals surface area contributed by atoms with Gasteiger partial charge in [-0.25, -0.2) is 9.48 Å². The first-order valence-electron chi connectivity index (χ1n) is 13.7. The van der Waals surface area contributed by atoms with Crippen molar-refractivity contribution < 1.29 is 14.3 Å². The number of nitrogens with one attached hydrogen (secondary N) is 2. The molecule has 9 heteroatoms. The van der Waals surface area contributed by atoms with Crippen LogP contribution in [0.5, 0.6) is 0 Å². The second kappa shape index (κ2) is 13.8. The van der Waals surface area contributed by atoms with Crippen LogP contribution in [0.3, 0.4) is 0 Å². The third kappa shape index (κ3) is 8.17. The van der Waals surface area contributed by atoms with Crippen LogP contribution in [0.25, 0.3) is 0 Å². The molecule has 0 aliphatic carbocycles. The molecule has 4 atom stereocenters. The monoisotopic (exact) mass is 542 g/mol. The molecular weight excluding hydrogens is 504 g/mol. The van der Waals surface area contributed by atoms with Gasteiger partial charge in [0.1, 0.15) is 0 Å². The number of ether oxygens (including phenoxy) is 1. The largest absolute Gasteiger partial charge is 0.374 e. The van der Waals surface area contributed by atoms with Crippen LogP contribution in [0.15, 0.2) is 60.8 Å². The smallest absolute Gasteiger partial charge is 0.319 e. The van der Waals surface area contributed by atoms with Crippen molar-refractivity contribution in [3.8, 4) is 11.8 Å². The van der Waals surface area contributed by atoms with Crippen molar-refractivity contribution in [1.82, 2.24) is 25.2 Å². The summed E-state index contributed by atoms with van der Waals surface area (Å²) in [5, 5.41) is 13.9. The predicted octanol–water partition coefficient (Wildman–Crippen LogP) is 4.55. The summed E-state index contributed by atoms with van der Waals surface area (Å²) in [6.07, 6.45) is 4.32. The average Bonchev–Trinajstić information content (AvgIpc) is 3.61. The van der Waals surface area contributed by atoms with E-state index in [2.05, 4.69) is 39.7 Å². The quantitative estimate of drug-likeness (QED) is 0.386. The summed E-state index contributed by atoms with van der Waals surface area (Å²) < 4.78 is 8.10. The Kier molecular flexibility index (Phi) is 9.92. The van der Waals surface area contributed by atoms with Crippen molar-refractivity contribution in [2.45, 2.75) is 64.8 Å². The Hall–Kier alpha value is -4.16. The molecule has 1 saturated heterocycles. The SMILES string of the molecule is Cc1cccc(NC(=O)NCC#Cc2cn([C@H](C)C[C@@H]3CC[C@H]([C@@H](C)C(=O)N(C)Cc4ccccc4)O3)nn2)c1. The maximum atomic E-state index is 13.0. The van der Waals surface area contributed by atoms with Crippen molar-refractivity contribution in [1.29, 1.82) is 0 Å². The molecule has 0 saturated carbocycles. The Balaban J connectivity index is 1.20. The van der Waals surface area contributed by atoms with Gasteiger partial charge < -0.3 is 20.3 Å². The van der Waals surface area contributed by atoms with Gasteiger partial charge in [0.05, 0.1) is 36.9 Å². The van der Waals surface area contributed by atoms with E-state index >= 15 is 0 Å². The van der Waals surface area contributed by atoms with Crippen molar-refractivity contribution in [3.05, 3.63) is 77.6 Å². The van der Waals surface area contributed by atoms with Gasteiger partial charge in [-0.05, 0) is 62.3 Å². The highest BCUT2D eigenvalue weighted by atomic mass is 16.5. The van der Waals surface area contributed by atoms with E-state index in [-0.39, 0.29) is 42.7 Å². The van der Waals surface area contributed by atoms with Crippen LogP contribution in [-0.4, -0.2) is 57.6 Å². The first-order valence-corrected chi connectivity index (χ1v) is 13.7. The fourth-order valence-corrected chi connectivity index (χ4v) is 4.91. The van der Waals surface area contributed by atoms with Crippen LogP contribution >= 0.6 is 0 Å². The van der Waals surface area contributed by atoms with Gasteiger partial charge in [0.25, 0.3) is 0 Å². The van der Waals surface area contributed by atoms with E-state index < -0.39 is 0 Å². The number of amides is 3. The first kappa shape index (κ1) is 28.8. The van der Waals surface area contributed by atoms with Crippen LogP contribution in [0.2, 0.25) is 0 Å². The molecule has 2 heterocycles. The van der Waals surface area contributed by atoms with E-state index in [0.717, 1.165) is 36.1 Å². The number of carbonyl (C=O) groups excluding carboxylic acids is 2. The maximum Gasteiger partial charge on any atom is 0.319 e. The van der Waals surface area contributed by atoms with Crippen molar-refractivity contribution in [2.75, 3.05) is 18.9 Å². The Labute approximate surface area is 236 Å². The number of nitrogens with zero attached hydrogens (tertiary/aromatic N) is 4. The van der Waals surface area contributed by atoms with Gasteiger partial charge in [0, 0.05) is 19.3 Å². The molecule has 3 aromatic rings. The third-order valence-corrected chi connectivity index (χ3v) is 7.12. The zero-order valence-electron chi connectivity index (χ0n) is 23.6. The van der Waals surface area contributed by atoms with E-state index in [1.54, 1.807) is 9.58 Å². The number of anilines is 1. The van der Waals surface area contributed by atoms with Crippen LogP contribution in [0.1, 0.15) is 56.0 Å². The molecule has 0 spiro atoms. The van der Waals surface area contributed by atoms with Crippen LogP contribution < -0.4 is 10.6 Å². The van der Waals surface area contributed by atoms with E-state index in [0.29, 0.717) is 12.2 Å². The summed E-state index contributed by atoms with van der Waals surface area (Å²) in [5.74, 6) is 5.76. The second-order valence-electron chi connectivity index (χ2n) is 10.5. The van der Waals surface area contributed by atoms with Crippen LogP contribution in [0.4, 0.5) is 10.5 Å². The fourth-order valence-electron chi connectivity index (χ4n) is 4.91. The highest BCUT2D eigenvalue weighted by Crippen LogP contribution is 2.31.